The molecule has 0 amide bonds. The first kappa shape index (κ1) is 19.2. The third-order valence-electron chi connectivity index (χ3n) is 4.00. The van der Waals surface area contributed by atoms with Gasteiger partial charge < -0.3 is 14.6 Å². The van der Waals surface area contributed by atoms with Crippen molar-refractivity contribution in [3.05, 3.63) is 89.5 Å². The van der Waals surface area contributed by atoms with Crippen molar-refractivity contribution in [2.75, 3.05) is 6.61 Å². The van der Waals surface area contributed by atoms with Gasteiger partial charge in [-0.3, -0.25) is 4.99 Å². The number of aliphatic imine (C=N–C) groups is 1. The van der Waals surface area contributed by atoms with Crippen molar-refractivity contribution in [1.82, 2.24) is 0 Å². The Kier molecular flexibility index (Phi) is 6.41. The number of ether oxygens (including phenoxy) is 2. The van der Waals surface area contributed by atoms with E-state index in [4.69, 9.17) is 14.6 Å². The summed E-state index contributed by atoms with van der Waals surface area (Å²) in [6, 6.07) is 21.9. The van der Waals surface area contributed by atoms with Crippen LogP contribution in [0.3, 0.4) is 0 Å². The van der Waals surface area contributed by atoms with Gasteiger partial charge in [0.05, 0.1) is 17.9 Å². The molecule has 3 aromatic carbocycles. The van der Waals surface area contributed by atoms with E-state index in [0.717, 1.165) is 28.3 Å². The zero-order valence-electron chi connectivity index (χ0n) is 15.5. The first-order chi connectivity index (χ1) is 13.6. The van der Waals surface area contributed by atoms with Crippen LogP contribution in [0.5, 0.6) is 11.5 Å². The summed E-state index contributed by atoms with van der Waals surface area (Å²) in [5, 5.41) is 8.91. The lowest BCUT2D eigenvalue weighted by Gasteiger charge is -2.07. The van der Waals surface area contributed by atoms with Crippen molar-refractivity contribution in [3.8, 4) is 11.5 Å². The Morgan fingerprint density at radius 1 is 0.893 bits per heavy atom. The Morgan fingerprint density at radius 2 is 1.50 bits per heavy atom. The Labute approximate surface area is 163 Å². The lowest BCUT2D eigenvalue weighted by atomic mass is 10.1. The summed E-state index contributed by atoms with van der Waals surface area (Å²) in [7, 11) is 0. The van der Waals surface area contributed by atoms with Gasteiger partial charge in [0, 0.05) is 6.21 Å². The van der Waals surface area contributed by atoms with Gasteiger partial charge in [-0.1, -0.05) is 12.1 Å². The second kappa shape index (κ2) is 9.37. The molecule has 0 aliphatic carbocycles. The van der Waals surface area contributed by atoms with Crippen LogP contribution in [0.1, 0.15) is 28.4 Å². The van der Waals surface area contributed by atoms with Gasteiger partial charge in [0.1, 0.15) is 18.1 Å². The van der Waals surface area contributed by atoms with Crippen LogP contribution in [-0.4, -0.2) is 23.9 Å². The smallest absolute Gasteiger partial charge is 0.335 e. The lowest BCUT2D eigenvalue weighted by molar-refractivity contribution is 0.0697. The highest BCUT2D eigenvalue weighted by atomic mass is 16.5. The van der Waals surface area contributed by atoms with Gasteiger partial charge in [-0.15, -0.1) is 0 Å². The van der Waals surface area contributed by atoms with Gasteiger partial charge in [-0.25, -0.2) is 4.79 Å². The Balaban J connectivity index is 1.54. The maximum absolute atomic E-state index is 10.9. The minimum atomic E-state index is -0.935. The number of hydrogen-bond donors (Lipinski definition) is 1. The molecular weight excluding hydrogens is 354 g/mol. The highest BCUT2D eigenvalue weighted by Crippen LogP contribution is 2.19. The number of carboxylic acids is 1. The fourth-order valence-electron chi connectivity index (χ4n) is 2.50. The first-order valence-electron chi connectivity index (χ1n) is 8.96. The van der Waals surface area contributed by atoms with Crippen molar-refractivity contribution in [1.29, 1.82) is 0 Å². The van der Waals surface area contributed by atoms with Gasteiger partial charge in [0.2, 0.25) is 0 Å². The molecule has 28 heavy (non-hydrogen) atoms. The molecule has 0 atom stereocenters. The molecule has 0 aromatic heterocycles. The molecule has 142 valence electrons. The van der Waals surface area contributed by atoms with E-state index in [1.807, 2.05) is 55.5 Å². The van der Waals surface area contributed by atoms with Crippen LogP contribution in [0.15, 0.2) is 77.8 Å². The van der Waals surface area contributed by atoms with E-state index in [0.29, 0.717) is 13.2 Å². The largest absolute Gasteiger partial charge is 0.494 e. The molecule has 1 N–H and O–H groups in total. The average molecular weight is 375 g/mol. The molecule has 0 fully saturated rings. The van der Waals surface area contributed by atoms with Crippen LogP contribution in [0, 0.1) is 0 Å². The molecule has 3 aromatic rings. The second-order valence-corrected chi connectivity index (χ2v) is 6.04. The fourth-order valence-corrected chi connectivity index (χ4v) is 2.50. The number of carboxylic acid groups (broad SMARTS) is 1. The van der Waals surface area contributed by atoms with Crippen molar-refractivity contribution in [2.24, 2.45) is 4.99 Å². The number of benzene rings is 3. The summed E-state index contributed by atoms with van der Waals surface area (Å²) in [4.78, 5) is 15.3. The van der Waals surface area contributed by atoms with Gasteiger partial charge >= 0.3 is 5.97 Å². The predicted octanol–water partition coefficient (Wildman–Crippen LogP) is 5.11. The SMILES string of the molecule is CCOc1ccc(N=Cc2ccc(OCc3ccc(C(=O)O)cc3)cc2)cc1. The Morgan fingerprint density at radius 3 is 2.11 bits per heavy atom. The van der Waals surface area contributed by atoms with Gasteiger partial charge in [0.15, 0.2) is 0 Å². The van der Waals surface area contributed by atoms with Crippen LogP contribution in [0.2, 0.25) is 0 Å². The van der Waals surface area contributed by atoms with Gasteiger partial charge in [-0.05, 0) is 78.7 Å². The van der Waals surface area contributed by atoms with E-state index in [1.165, 1.54) is 0 Å². The molecule has 0 bridgehead atoms. The first-order valence-corrected chi connectivity index (χ1v) is 8.96. The molecule has 0 radical (unpaired) electrons. The number of aromatic carboxylic acids is 1. The van der Waals surface area contributed by atoms with E-state index in [1.54, 1.807) is 30.5 Å². The molecule has 5 nitrogen and oxygen atoms in total. The lowest BCUT2D eigenvalue weighted by Crippen LogP contribution is -1.99. The van der Waals surface area contributed by atoms with Gasteiger partial charge in [0.25, 0.3) is 0 Å². The molecule has 0 heterocycles. The van der Waals surface area contributed by atoms with Crippen LogP contribution >= 0.6 is 0 Å². The monoisotopic (exact) mass is 375 g/mol. The molecule has 0 unspecified atom stereocenters. The van der Waals surface area contributed by atoms with Crippen LogP contribution in [-0.2, 0) is 6.61 Å². The van der Waals surface area contributed by atoms with E-state index in [-0.39, 0.29) is 5.56 Å². The summed E-state index contributed by atoms with van der Waals surface area (Å²) in [5.41, 5.74) is 2.99. The summed E-state index contributed by atoms with van der Waals surface area (Å²) in [6.07, 6.45) is 1.80. The average Bonchev–Trinajstić information content (AvgIpc) is 2.73. The molecular formula is C23H21NO4. The third kappa shape index (κ3) is 5.45. The summed E-state index contributed by atoms with van der Waals surface area (Å²) >= 11 is 0. The number of rotatable bonds is 8. The highest BCUT2D eigenvalue weighted by Gasteiger charge is 2.02. The van der Waals surface area contributed by atoms with Crippen molar-refractivity contribution in [3.63, 3.8) is 0 Å². The molecule has 3 rings (SSSR count). The third-order valence-corrected chi connectivity index (χ3v) is 4.00. The molecule has 0 aliphatic rings. The minimum Gasteiger partial charge on any atom is -0.494 e. The number of carbonyl (C=O) groups is 1. The highest BCUT2D eigenvalue weighted by molar-refractivity contribution is 5.87. The van der Waals surface area contributed by atoms with E-state index >= 15 is 0 Å². The molecule has 5 heteroatoms. The molecule has 0 saturated carbocycles. The quantitative estimate of drug-likeness (QED) is 0.555. The molecule has 0 spiro atoms. The van der Waals surface area contributed by atoms with E-state index in [2.05, 4.69) is 4.99 Å². The Hall–Kier alpha value is -3.60. The van der Waals surface area contributed by atoms with Crippen molar-refractivity contribution in [2.45, 2.75) is 13.5 Å². The topological polar surface area (TPSA) is 68.1 Å². The normalized spacial score (nSPS) is 10.8. The zero-order chi connectivity index (χ0) is 19.8. The minimum absolute atomic E-state index is 0.264. The van der Waals surface area contributed by atoms with Crippen molar-refractivity contribution >= 4 is 17.9 Å². The van der Waals surface area contributed by atoms with E-state index < -0.39 is 5.97 Å². The maximum atomic E-state index is 10.9. The fraction of sp³-hybridized carbons (Fsp3) is 0.130. The van der Waals surface area contributed by atoms with Crippen LogP contribution in [0.25, 0.3) is 0 Å². The Bertz CT molecular complexity index is 930. The van der Waals surface area contributed by atoms with Crippen LogP contribution < -0.4 is 9.47 Å². The summed E-state index contributed by atoms with van der Waals surface area (Å²) < 4.78 is 11.2. The predicted molar refractivity (Wildman–Crippen MR) is 109 cm³/mol. The molecule has 0 aliphatic heterocycles. The zero-order valence-corrected chi connectivity index (χ0v) is 15.5. The number of hydrogen-bond acceptors (Lipinski definition) is 4. The molecule has 0 saturated heterocycles. The summed E-state index contributed by atoms with van der Waals surface area (Å²) in [5.74, 6) is 0.635. The van der Waals surface area contributed by atoms with Gasteiger partial charge in [-0.2, -0.15) is 0 Å². The summed E-state index contributed by atoms with van der Waals surface area (Å²) in [6.45, 7) is 2.97. The second-order valence-electron chi connectivity index (χ2n) is 6.04. The van der Waals surface area contributed by atoms with Crippen LogP contribution in [0.4, 0.5) is 5.69 Å². The van der Waals surface area contributed by atoms with E-state index in [9.17, 15) is 4.79 Å². The number of nitrogens with zero attached hydrogens (tertiary/aromatic N) is 1. The maximum Gasteiger partial charge on any atom is 0.335 e. The van der Waals surface area contributed by atoms with Crippen molar-refractivity contribution < 1.29 is 19.4 Å². The standard InChI is InChI=1S/C23H21NO4/c1-2-27-21-13-9-20(10-14-21)24-15-17-5-11-22(12-6-17)28-16-18-3-7-19(8-4-18)23(25)26/h3-15H,2,16H2,1H3,(H,25,26).